The maximum Gasteiger partial charge on any atom is 0.263 e. The van der Waals surface area contributed by atoms with Crippen LogP contribution < -0.4 is 20.5 Å². The number of rotatable bonds is 8. The van der Waals surface area contributed by atoms with Crippen molar-refractivity contribution < 1.29 is 14.3 Å². The van der Waals surface area contributed by atoms with Gasteiger partial charge in [-0.25, -0.2) is 4.98 Å². The van der Waals surface area contributed by atoms with Gasteiger partial charge in [0.05, 0.1) is 25.6 Å². The number of methoxy groups -OCH3 is 2. The summed E-state index contributed by atoms with van der Waals surface area (Å²) in [7, 11) is 3.25. The zero-order valence-electron chi connectivity index (χ0n) is 20.7. The van der Waals surface area contributed by atoms with E-state index in [2.05, 4.69) is 5.32 Å². The Kier molecular flexibility index (Phi) is 7.05. The summed E-state index contributed by atoms with van der Waals surface area (Å²) in [6, 6.07) is 27.6. The maximum absolute atomic E-state index is 13.2. The third-order valence-corrected chi connectivity index (χ3v) is 7.31. The van der Waals surface area contributed by atoms with Crippen molar-refractivity contribution in [2.24, 2.45) is 0 Å². The Morgan fingerprint density at radius 2 is 1.65 bits per heavy atom. The average molecular weight is 510 g/mol. The molecule has 0 aliphatic heterocycles. The van der Waals surface area contributed by atoms with Gasteiger partial charge >= 0.3 is 0 Å². The smallest absolute Gasteiger partial charge is 0.263 e. The number of nitrogens with one attached hydrogen (secondary N) is 1. The summed E-state index contributed by atoms with van der Waals surface area (Å²) in [5.74, 6) is 1.16. The second-order valence-electron chi connectivity index (χ2n) is 8.50. The molecule has 0 radical (unpaired) electrons. The summed E-state index contributed by atoms with van der Waals surface area (Å²) in [6.45, 7) is 0.510. The van der Waals surface area contributed by atoms with Crippen molar-refractivity contribution in [2.45, 2.75) is 6.42 Å². The molecule has 2 heterocycles. The Bertz CT molecular complexity index is 1550. The zero-order valence-corrected chi connectivity index (χ0v) is 21.5. The average Bonchev–Trinajstić information content (AvgIpc) is 3.29. The van der Waals surface area contributed by atoms with Gasteiger partial charge in [0, 0.05) is 28.6 Å². The van der Waals surface area contributed by atoms with Crippen LogP contribution in [-0.4, -0.2) is 31.7 Å². The molecule has 0 bridgehead atoms. The van der Waals surface area contributed by atoms with Gasteiger partial charge < -0.3 is 20.5 Å². The molecule has 1 amide bonds. The number of hydrogen-bond donors (Lipinski definition) is 2. The molecule has 7 heteroatoms. The van der Waals surface area contributed by atoms with Crippen molar-refractivity contribution >= 4 is 33.1 Å². The summed E-state index contributed by atoms with van der Waals surface area (Å²) in [6.07, 6.45) is 0.736. The van der Waals surface area contributed by atoms with E-state index in [0.29, 0.717) is 33.4 Å². The van der Waals surface area contributed by atoms with E-state index in [9.17, 15) is 4.79 Å². The minimum absolute atomic E-state index is 0.207. The molecule has 0 unspecified atom stereocenters. The molecule has 37 heavy (non-hydrogen) atoms. The van der Waals surface area contributed by atoms with Gasteiger partial charge in [-0.15, -0.1) is 11.3 Å². The topological polar surface area (TPSA) is 86.5 Å². The highest BCUT2D eigenvalue weighted by Crippen LogP contribution is 2.44. The van der Waals surface area contributed by atoms with E-state index in [1.54, 1.807) is 14.2 Å². The molecule has 3 N–H and O–H groups in total. The van der Waals surface area contributed by atoms with E-state index in [4.69, 9.17) is 20.2 Å². The van der Waals surface area contributed by atoms with Crippen molar-refractivity contribution in [1.29, 1.82) is 0 Å². The fourth-order valence-corrected chi connectivity index (χ4v) is 5.36. The highest BCUT2D eigenvalue weighted by Gasteiger charge is 2.23. The van der Waals surface area contributed by atoms with Crippen LogP contribution in [0.3, 0.4) is 0 Å². The molecule has 3 aromatic carbocycles. The van der Waals surface area contributed by atoms with Gasteiger partial charge in [-0.3, -0.25) is 4.79 Å². The first-order valence-electron chi connectivity index (χ1n) is 11.9. The fraction of sp³-hybridized carbons (Fsp3) is 0.133. The lowest BCUT2D eigenvalue weighted by molar-refractivity contribution is 0.0959. The number of carbonyl (C=O) groups is 1. The van der Waals surface area contributed by atoms with Gasteiger partial charge in [0.25, 0.3) is 5.91 Å². The highest BCUT2D eigenvalue weighted by atomic mass is 32.1. The first kappa shape index (κ1) is 24.3. The molecule has 2 aromatic heterocycles. The Morgan fingerprint density at radius 3 is 2.35 bits per heavy atom. The van der Waals surface area contributed by atoms with Crippen LogP contribution in [0.15, 0.2) is 84.9 Å². The van der Waals surface area contributed by atoms with Gasteiger partial charge in [-0.05, 0) is 36.2 Å². The third-order valence-electron chi connectivity index (χ3n) is 6.21. The Morgan fingerprint density at radius 1 is 0.919 bits per heavy atom. The van der Waals surface area contributed by atoms with Crippen molar-refractivity contribution in [3.63, 3.8) is 0 Å². The van der Waals surface area contributed by atoms with Crippen LogP contribution in [0.4, 0.5) is 5.69 Å². The van der Waals surface area contributed by atoms with Crippen molar-refractivity contribution in [1.82, 2.24) is 10.3 Å². The number of ether oxygens (including phenoxy) is 2. The predicted octanol–water partition coefficient (Wildman–Crippen LogP) is 6.20. The SMILES string of the molecule is COc1ccc(OC)c(-c2cc(-c3ccccc3)nc3sc(C(=O)NCCc4ccccc4)c(N)c23)c1. The van der Waals surface area contributed by atoms with E-state index in [1.807, 2.05) is 84.9 Å². The number of amides is 1. The Labute approximate surface area is 219 Å². The molecule has 0 aliphatic rings. The highest BCUT2D eigenvalue weighted by molar-refractivity contribution is 7.21. The number of nitrogen functional groups attached to an aromatic ring is 1. The summed E-state index contributed by atoms with van der Waals surface area (Å²) >= 11 is 1.30. The lowest BCUT2D eigenvalue weighted by Crippen LogP contribution is -2.25. The lowest BCUT2D eigenvalue weighted by Gasteiger charge is -2.14. The number of nitrogens with zero attached hydrogens (tertiary/aromatic N) is 1. The van der Waals surface area contributed by atoms with Crippen LogP contribution in [0.1, 0.15) is 15.2 Å². The van der Waals surface area contributed by atoms with E-state index < -0.39 is 0 Å². The summed E-state index contributed by atoms with van der Waals surface area (Å²) in [5.41, 5.74) is 11.6. The molecule has 0 fully saturated rings. The van der Waals surface area contributed by atoms with Crippen LogP contribution in [0.5, 0.6) is 11.5 Å². The number of carbonyl (C=O) groups excluding carboxylic acids is 1. The van der Waals surface area contributed by atoms with Crippen LogP contribution >= 0.6 is 11.3 Å². The van der Waals surface area contributed by atoms with Crippen LogP contribution in [0.25, 0.3) is 32.6 Å². The Balaban J connectivity index is 1.60. The predicted molar refractivity (Wildman–Crippen MR) is 150 cm³/mol. The second kappa shape index (κ2) is 10.7. The van der Waals surface area contributed by atoms with Gasteiger partial charge in [-0.1, -0.05) is 60.7 Å². The molecule has 5 rings (SSSR count). The number of thiophene rings is 1. The first-order chi connectivity index (χ1) is 18.1. The molecule has 0 saturated carbocycles. The van der Waals surface area contributed by atoms with Gasteiger partial charge in [0.2, 0.25) is 0 Å². The largest absolute Gasteiger partial charge is 0.497 e. The molecule has 0 spiro atoms. The zero-order chi connectivity index (χ0) is 25.8. The van der Waals surface area contributed by atoms with Gasteiger partial charge in [0.1, 0.15) is 21.2 Å². The minimum atomic E-state index is -0.207. The monoisotopic (exact) mass is 509 g/mol. The van der Waals surface area contributed by atoms with Crippen molar-refractivity contribution in [3.05, 3.63) is 95.4 Å². The number of nitrogens with two attached hydrogens (primary N) is 1. The number of benzene rings is 3. The minimum Gasteiger partial charge on any atom is -0.497 e. The molecule has 0 aliphatic carbocycles. The Hall–Kier alpha value is -4.36. The van der Waals surface area contributed by atoms with E-state index >= 15 is 0 Å². The third kappa shape index (κ3) is 4.99. The maximum atomic E-state index is 13.2. The molecule has 0 atom stereocenters. The van der Waals surface area contributed by atoms with Gasteiger partial charge in [0.15, 0.2) is 0 Å². The van der Waals surface area contributed by atoms with Crippen LogP contribution in [0, 0.1) is 0 Å². The van der Waals surface area contributed by atoms with E-state index in [0.717, 1.165) is 39.8 Å². The molecule has 0 saturated heterocycles. The molecule has 186 valence electrons. The molecular formula is C30H27N3O3S. The normalized spacial score (nSPS) is 10.9. The van der Waals surface area contributed by atoms with E-state index in [1.165, 1.54) is 11.3 Å². The number of fused-ring (bicyclic) bond motifs is 1. The summed E-state index contributed by atoms with van der Waals surface area (Å²) < 4.78 is 11.2. The number of aromatic nitrogens is 1. The molecular weight excluding hydrogens is 482 g/mol. The number of anilines is 1. The van der Waals surface area contributed by atoms with E-state index in [-0.39, 0.29) is 5.91 Å². The van der Waals surface area contributed by atoms with Crippen LogP contribution in [-0.2, 0) is 6.42 Å². The lowest BCUT2D eigenvalue weighted by atomic mass is 9.98. The van der Waals surface area contributed by atoms with Crippen molar-refractivity contribution in [2.75, 3.05) is 26.5 Å². The quantitative estimate of drug-likeness (QED) is 0.260. The number of hydrogen-bond acceptors (Lipinski definition) is 6. The van der Waals surface area contributed by atoms with Crippen molar-refractivity contribution in [3.8, 4) is 33.9 Å². The van der Waals surface area contributed by atoms with Gasteiger partial charge in [-0.2, -0.15) is 0 Å². The van der Waals surface area contributed by atoms with Crippen LogP contribution in [0.2, 0.25) is 0 Å². The molecule has 6 nitrogen and oxygen atoms in total. The number of pyridine rings is 1. The standard InChI is InChI=1S/C30H27N3O3S/c1-35-21-13-14-25(36-2)22(17-21)23-18-24(20-11-7-4-8-12-20)33-30-26(23)27(31)28(37-30)29(34)32-16-15-19-9-5-3-6-10-19/h3-14,17-18H,15-16,31H2,1-2H3,(H,32,34). The summed E-state index contributed by atoms with van der Waals surface area (Å²) in [4.78, 5) is 19.2. The molecule has 5 aromatic rings. The summed E-state index contributed by atoms with van der Waals surface area (Å²) in [5, 5.41) is 3.74. The fourth-order valence-electron chi connectivity index (χ4n) is 4.33. The first-order valence-corrected chi connectivity index (χ1v) is 12.7. The second-order valence-corrected chi connectivity index (χ2v) is 9.50.